The van der Waals surface area contributed by atoms with E-state index in [4.69, 9.17) is 20.8 Å². The Balaban J connectivity index is 1.76. The molecule has 2 aromatic rings. The molecule has 34 heavy (non-hydrogen) atoms. The lowest BCUT2D eigenvalue weighted by molar-refractivity contribution is -0.118. The minimum atomic E-state index is -4.48. The average molecular weight is 500 g/mol. The Kier molecular flexibility index (Phi) is 7.04. The third-order valence-corrected chi connectivity index (χ3v) is 6.02. The van der Waals surface area contributed by atoms with Crippen molar-refractivity contribution >= 4 is 39.3 Å². The SMILES string of the molecule is COc1cc2cc(C3=C(NC4CCC(CO)C4)NC(=NCC(F)(F)F)N=C(Cl)C3)oc2c(C)n1. The van der Waals surface area contributed by atoms with Crippen LogP contribution in [0.15, 0.2) is 32.4 Å². The highest BCUT2D eigenvalue weighted by Gasteiger charge is 2.30. The Morgan fingerprint density at radius 2 is 2.15 bits per heavy atom. The number of aliphatic imine (C=N–C) groups is 2. The van der Waals surface area contributed by atoms with Crippen LogP contribution in [0, 0.1) is 12.8 Å². The highest BCUT2D eigenvalue weighted by atomic mass is 35.5. The predicted octanol–water partition coefficient (Wildman–Crippen LogP) is 4.11. The number of guanidine groups is 1. The average Bonchev–Trinajstić information content (AvgIpc) is 3.38. The van der Waals surface area contributed by atoms with E-state index in [0.29, 0.717) is 34.3 Å². The smallest absolute Gasteiger partial charge is 0.408 e. The minimum Gasteiger partial charge on any atom is -0.481 e. The lowest BCUT2D eigenvalue weighted by atomic mass is 10.1. The van der Waals surface area contributed by atoms with E-state index in [9.17, 15) is 18.3 Å². The summed E-state index contributed by atoms with van der Waals surface area (Å²) in [6.07, 6.45) is -2.00. The molecule has 0 bridgehead atoms. The van der Waals surface area contributed by atoms with Crippen LogP contribution in [0.4, 0.5) is 13.2 Å². The molecule has 184 valence electrons. The number of ether oxygens (including phenoxy) is 1. The molecule has 2 atom stereocenters. The van der Waals surface area contributed by atoms with Gasteiger partial charge in [-0.1, -0.05) is 11.6 Å². The van der Waals surface area contributed by atoms with Crippen molar-refractivity contribution in [2.75, 3.05) is 20.3 Å². The molecule has 3 heterocycles. The number of rotatable bonds is 6. The Morgan fingerprint density at radius 1 is 1.35 bits per heavy atom. The maximum Gasteiger partial charge on any atom is 0.408 e. The summed E-state index contributed by atoms with van der Waals surface area (Å²) in [5.41, 5.74) is 1.78. The molecule has 8 nitrogen and oxygen atoms in total. The van der Waals surface area contributed by atoms with Crippen LogP contribution in [0.2, 0.25) is 0 Å². The molecule has 2 unspecified atom stereocenters. The van der Waals surface area contributed by atoms with Crippen LogP contribution >= 0.6 is 11.6 Å². The Hall–Kier alpha value is -2.79. The largest absolute Gasteiger partial charge is 0.481 e. The van der Waals surface area contributed by atoms with Gasteiger partial charge in [-0.3, -0.25) is 0 Å². The lowest BCUT2D eigenvalue weighted by Gasteiger charge is -2.20. The lowest BCUT2D eigenvalue weighted by Crippen LogP contribution is -2.37. The number of halogens is 4. The number of nitrogens with zero attached hydrogens (tertiary/aromatic N) is 3. The molecule has 2 aromatic heterocycles. The van der Waals surface area contributed by atoms with Gasteiger partial charge in [0.1, 0.15) is 23.3 Å². The fraction of sp³-hybridized carbons (Fsp3) is 0.500. The Bertz CT molecular complexity index is 1160. The second kappa shape index (κ2) is 9.83. The minimum absolute atomic E-state index is 0.00302. The molecule has 12 heteroatoms. The van der Waals surface area contributed by atoms with Gasteiger partial charge in [0.2, 0.25) is 11.8 Å². The van der Waals surface area contributed by atoms with Crippen LogP contribution < -0.4 is 15.4 Å². The molecular formula is C22H25ClF3N5O3. The van der Waals surface area contributed by atoms with Gasteiger partial charge in [0.05, 0.1) is 12.8 Å². The summed E-state index contributed by atoms with van der Waals surface area (Å²) in [6, 6.07) is 3.54. The molecule has 0 radical (unpaired) electrons. The normalized spacial score (nSPS) is 22.7. The molecule has 0 saturated heterocycles. The highest BCUT2D eigenvalue weighted by molar-refractivity contribution is 6.67. The summed E-state index contributed by atoms with van der Waals surface area (Å²) >= 11 is 6.29. The monoisotopic (exact) mass is 499 g/mol. The highest BCUT2D eigenvalue weighted by Crippen LogP contribution is 2.33. The molecule has 0 amide bonds. The standard InChI is InChI=1S/C22H25ClF3N5O3/c1-11-19-13(7-18(28-11)33-2)6-16(34-19)15-8-17(23)30-21(27-10-22(24,25)26)31-20(15)29-14-4-3-12(5-14)9-32/h6-7,12,14,29,32H,3-5,8-10H2,1-2H3,(H,27,31). The molecule has 1 aliphatic heterocycles. The van der Waals surface area contributed by atoms with Crippen LogP contribution in [0.1, 0.15) is 37.1 Å². The van der Waals surface area contributed by atoms with E-state index in [1.165, 1.54) is 7.11 Å². The zero-order valence-corrected chi connectivity index (χ0v) is 19.4. The molecule has 1 fully saturated rings. The van der Waals surface area contributed by atoms with Crippen molar-refractivity contribution < 1.29 is 27.4 Å². The predicted molar refractivity (Wildman–Crippen MR) is 123 cm³/mol. The van der Waals surface area contributed by atoms with Gasteiger partial charge < -0.3 is 24.9 Å². The van der Waals surface area contributed by atoms with E-state index in [0.717, 1.165) is 24.6 Å². The van der Waals surface area contributed by atoms with Gasteiger partial charge in [-0.25, -0.2) is 15.0 Å². The van der Waals surface area contributed by atoms with Gasteiger partial charge in [-0.05, 0) is 38.2 Å². The van der Waals surface area contributed by atoms with Crippen LogP contribution in [0.3, 0.4) is 0 Å². The van der Waals surface area contributed by atoms with Crippen LogP contribution in [0.25, 0.3) is 16.5 Å². The molecule has 4 rings (SSSR count). The zero-order chi connectivity index (χ0) is 24.5. The van der Waals surface area contributed by atoms with E-state index < -0.39 is 12.7 Å². The number of aromatic nitrogens is 1. The van der Waals surface area contributed by atoms with Gasteiger partial charge in [0, 0.05) is 36.1 Å². The van der Waals surface area contributed by atoms with Gasteiger partial charge in [0.25, 0.3) is 0 Å². The van der Waals surface area contributed by atoms with E-state index in [-0.39, 0.29) is 36.1 Å². The molecule has 1 saturated carbocycles. The second-order valence-corrected chi connectivity index (χ2v) is 8.82. The first-order valence-electron chi connectivity index (χ1n) is 10.8. The van der Waals surface area contributed by atoms with Crippen LogP contribution in [0.5, 0.6) is 5.88 Å². The van der Waals surface area contributed by atoms with Crippen molar-refractivity contribution in [3.63, 3.8) is 0 Å². The summed E-state index contributed by atoms with van der Waals surface area (Å²) < 4.78 is 49.7. The van der Waals surface area contributed by atoms with E-state index in [2.05, 4.69) is 25.6 Å². The molecule has 2 aliphatic rings. The number of furan rings is 1. The van der Waals surface area contributed by atoms with Crippen molar-refractivity contribution in [1.82, 2.24) is 15.6 Å². The molecule has 1 aliphatic carbocycles. The van der Waals surface area contributed by atoms with Gasteiger partial charge in [-0.2, -0.15) is 13.2 Å². The Labute approximate surface area is 198 Å². The van der Waals surface area contributed by atoms with Crippen molar-refractivity contribution in [3.8, 4) is 5.88 Å². The molecule has 3 N–H and O–H groups in total. The maximum absolute atomic E-state index is 12.8. The number of aliphatic hydroxyl groups excluding tert-OH is 1. The first-order valence-corrected chi connectivity index (χ1v) is 11.2. The molecule has 0 aromatic carbocycles. The fourth-order valence-electron chi connectivity index (χ4n) is 4.18. The van der Waals surface area contributed by atoms with Gasteiger partial charge >= 0.3 is 6.18 Å². The number of hydrogen-bond acceptors (Lipinski definition) is 6. The topological polar surface area (TPSA) is 104 Å². The van der Waals surface area contributed by atoms with E-state index in [1.807, 2.05) is 0 Å². The number of aryl methyl sites for hydroxylation is 1. The summed E-state index contributed by atoms with van der Waals surface area (Å²) in [5, 5.41) is 16.6. The third-order valence-electron chi connectivity index (χ3n) is 5.80. The fourth-order valence-corrected chi connectivity index (χ4v) is 4.40. The Morgan fingerprint density at radius 3 is 2.82 bits per heavy atom. The number of methoxy groups -OCH3 is 1. The number of aliphatic hydroxyl groups is 1. The second-order valence-electron chi connectivity index (χ2n) is 8.38. The summed E-state index contributed by atoms with van der Waals surface area (Å²) in [4.78, 5) is 11.9. The van der Waals surface area contributed by atoms with Crippen molar-refractivity contribution in [3.05, 3.63) is 29.4 Å². The number of pyridine rings is 1. The number of nitrogens with one attached hydrogen (secondary N) is 2. The third kappa shape index (κ3) is 5.64. The summed E-state index contributed by atoms with van der Waals surface area (Å²) in [7, 11) is 1.52. The van der Waals surface area contributed by atoms with Gasteiger partial charge in [0.15, 0.2) is 5.58 Å². The number of fused-ring (bicyclic) bond motifs is 1. The van der Waals surface area contributed by atoms with Crippen molar-refractivity contribution in [2.24, 2.45) is 15.9 Å². The van der Waals surface area contributed by atoms with Crippen LogP contribution in [-0.4, -0.2) is 53.7 Å². The van der Waals surface area contributed by atoms with Crippen LogP contribution in [-0.2, 0) is 0 Å². The number of alkyl halides is 3. The zero-order valence-electron chi connectivity index (χ0n) is 18.7. The van der Waals surface area contributed by atoms with E-state index >= 15 is 0 Å². The first-order chi connectivity index (χ1) is 16.1. The van der Waals surface area contributed by atoms with E-state index in [1.54, 1.807) is 19.1 Å². The number of allylic oxidation sites excluding steroid dienone is 1. The molecule has 0 spiro atoms. The summed E-state index contributed by atoms with van der Waals surface area (Å²) in [5.74, 6) is 1.24. The van der Waals surface area contributed by atoms with Crippen molar-refractivity contribution in [2.45, 2.75) is 44.8 Å². The molecular weight excluding hydrogens is 475 g/mol. The number of hydrogen-bond donors (Lipinski definition) is 3. The first kappa shape index (κ1) is 24.3. The maximum atomic E-state index is 12.8. The quantitative estimate of drug-likeness (QED) is 0.552. The van der Waals surface area contributed by atoms with Crippen molar-refractivity contribution in [1.29, 1.82) is 0 Å². The van der Waals surface area contributed by atoms with Gasteiger partial charge in [-0.15, -0.1) is 0 Å². The summed E-state index contributed by atoms with van der Waals surface area (Å²) in [6.45, 7) is 0.486.